The average molecular weight is 357 g/mol. The molecule has 7 nitrogen and oxygen atoms in total. The van der Waals surface area contributed by atoms with Crippen LogP contribution in [0.1, 0.15) is 31.2 Å². The largest absolute Gasteiger partial charge is 0.395 e. The Morgan fingerprint density at radius 1 is 1.15 bits per heavy atom. The molecule has 5 N–H and O–H groups in total. The third kappa shape index (κ3) is 4.49. The smallest absolute Gasteiger partial charge is 0.354 e. The summed E-state index contributed by atoms with van der Waals surface area (Å²) in [5.74, 6) is 0.217. The highest BCUT2D eigenvalue weighted by molar-refractivity contribution is 5.36. The van der Waals surface area contributed by atoms with Gasteiger partial charge in [-0.05, 0) is 49.4 Å². The molecule has 0 atom stereocenters. The minimum Gasteiger partial charge on any atom is -0.395 e. The van der Waals surface area contributed by atoms with E-state index < -0.39 is 5.69 Å². The Hall–Kier alpha value is -2.22. The number of hydrogen-bond acceptors (Lipinski definition) is 6. The van der Waals surface area contributed by atoms with Crippen LogP contribution in [0, 0.1) is 0 Å². The highest BCUT2D eigenvalue weighted by Gasteiger charge is 2.24. The van der Waals surface area contributed by atoms with E-state index in [1.807, 2.05) is 24.3 Å². The van der Waals surface area contributed by atoms with Crippen LogP contribution in [-0.4, -0.2) is 44.8 Å². The molecular formula is C19H27N5O2. The van der Waals surface area contributed by atoms with Crippen molar-refractivity contribution in [3.8, 4) is 5.69 Å². The summed E-state index contributed by atoms with van der Waals surface area (Å²) in [4.78, 5) is 18.0. The van der Waals surface area contributed by atoms with Gasteiger partial charge in [0, 0.05) is 31.4 Å². The molecule has 0 spiro atoms. The van der Waals surface area contributed by atoms with Gasteiger partial charge in [0.1, 0.15) is 5.82 Å². The Labute approximate surface area is 153 Å². The van der Waals surface area contributed by atoms with Crippen molar-refractivity contribution in [2.45, 2.75) is 44.3 Å². The van der Waals surface area contributed by atoms with Gasteiger partial charge in [-0.15, -0.1) is 0 Å². The van der Waals surface area contributed by atoms with Crippen LogP contribution in [-0.2, 0) is 6.54 Å². The number of nitrogen functional groups attached to an aromatic ring is 1. The van der Waals surface area contributed by atoms with Gasteiger partial charge in [0.2, 0.25) is 0 Å². The second kappa shape index (κ2) is 8.44. The lowest BCUT2D eigenvalue weighted by atomic mass is 9.90. The highest BCUT2D eigenvalue weighted by Crippen LogP contribution is 2.23. The predicted molar refractivity (Wildman–Crippen MR) is 102 cm³/mol. The van der Waals surface area contributed by atoms with E-state index in [9.17, 15) is 9.90 Å². The molecule has 2 aromatic rings. The van der Waals surface area contributed by atoms with Crippen LogP contribution >= 0.6 is 0 Å². The van der Waals surface area contributed by atoms with Gasteiger partial charge in [-0.3, -0.25) is 9.47 Å². The molecule has 1 aromatic heterocycles. The quantitative estimate of drug-likeness (QED) is 0.708. The molecule has 26 heavy (non-hydrogen) atoms. The summed E-state index contributed by atoms with van der Waals surface area (Å²) in [5.41, 5.74) is 13.1. The summed E-state index contributed by atoms with van der Waals surface area (Å²) in [6.07, 6.45) is 5.86. The zero-order chi connectivity index (χ0) is 18.5. The molecule has 1 saturated carbocycles. The number of benzene rings is 1. The topological polar surface area (TPSA) is 110 Å². The van der Waals surface area contributed by atoms with Crippen LogP contribution in [0.2, 0.25) is 0 Å². The molecule has 1 aliphatic rings. The molecule has 0 bridgehead atoms. The van der Waals surface area contributed by atoms with Gasteiger partial charge in [-0.1, -0.05) is 12.1 Å². The molecule has 1 heterocycles. The molecule has 140 valence electrons. The Balaban J connectivity index is 1.71. The monoisotopic (exact) mass is 357 g/mol. The molecule has 0 amide bonds. The van der Waals surface area contributed by atoms with Crippen LogP contribution in [0.3, 0.4) is 0 Å². The predicted octanol–water partition coefficient (Wildman–Crippen LogP) is 0.879. The fraction of sp³-hybridized carbons (Fsp3) is 0.474. The Bertz CT molecular complexity index is 766. The zero-order valence-electron chi connectivity index (χ0n) is 14.9. The number of aliphatic hydroxyl groups is 1. The lowest BCUT2D eigenvalue weighted by Gasteiger charge is -2.35. The first-order valence-electron chi connectivity index (χ1n) is 9.12. The molecule has 0 saturated heterocycles. The minimum atomic E-state index is -0.391. The molecule has 0 aliphatic heterocycles. The maximum absolute atomic E-state index is 11.9. The highest BCUT2D eigenvalue weighted by atomic mass is 16.3. The van der Waals surface area contributed by atoms with Crippen molar-refractivity contribution < 1.29 is 5.11 Å². The first-order valence-corrected chi connectivity index (χ1v) is 9.12. The molecule has 1 aromatic carbocycles. The zero-order valence-corrected chi connectivity index (χ0v) is 14.9. The van der Waals surface area contributed by atoms with E-state index in [-0.39, 0.29) is 12.4 Å². The molecule has 0 radical (unpaired) electrons. The van der Waals surface area contributed by atoms with Crippen LogP contribution in [0.15, 0.2) is 41.3 Å². The van der Waals surface area contributed by atoms with Crippen molar-refractivity contribution in [3.63, 3.8) is 0 Å². The number of nitrogens with two attached hydrogens (primary N) is 2. The Morgan fingerprint density at radius 3 is 2.46 bits per heavy atom. The van der Waals surface area contributed by atoms with Gasteiger partial charge in [0.25, 0.3) is 0 Å². The third-order valence-electron chi connectivity index (χ3n) is 5.07. The first-order chi connectivity index (χ1) is 12.6. The molecule has 7 heteroatoms. The van der Waals surface area contributed by atoms with Crippen molar-refractivity contribution in [1.82, 2.24) is 14.5 Å². The van der Waals surface area contributed by atoms with E-state index in [1.165, 1.54) is 4.57 Å². The van der Waals surface area contributed by atoms with E-state index in [0.29, 0.717) is 18.6 Å². The second-order valence-electron chi connectivity index (χ2n) is 6.93. The van der Waals surface area contributed by atoms with Gasteiger partial charge in [-0.25, -0.2) is 4.79 Å². The van der Waals surface area contributed by atoms with E-state index in [0.717, 1.165) is 43.5 Å². The summed E-state index contributed by atoms with van der Waals surface area (Å²) in [7, 11) is 0. The van der Waals surface area contributed by atoms with Crippen LogP contribution in [0.25, 0.3) is 5.69 Å². The number of aliphatic hydroxyl groups excluding tert-OH is 1. The number of anilines is 1. The van der Waals surface area contributed by atoms with Crippen molar-refractivity contribution in [2.24, 2.45) is 5.73 Å². The summed E-state index contributed by atoms with van der Waals surface area (Å²) in [6, 6.07) is 10.2. The lowest BCUT2D eigenvalue weighted by Crippen LogP contribution is -2.41. The Kier molecular flexibility index (Phi) is 6.03. The van der Waals surface area contributed by atoms with Crippen molar-refractivity contribution >= 4 is 5.82 Å². The maximum Gasteiger partial charge on any atom is 0.354 e. The van der Waals surface area contributed by atoms with E-state index in [2.05, 4.69) is 9.88 Å². The SMILES string of the molecule is Nc1ccn(-c2ccc(CN(CCO)[C@H]3CC[C@H](N)CC3)cc2)c(=O)n1. The van der Waals surface area contributed by atoms with E-state index in [1.54, 1.807) is 12.3 Å². The number of nitrogens with zero attached hydrogens (tertiary/aromatic N) is 3. The van der Waals surface area contributed by atoms with Crippen LogP contribution in [0.5, 0.6) is 0 Å². The summed E-state index contributed by atoms with van der Waals surface area (Å²) in [5, 5.41) is 9.42. The molecular weight excluding hydrogens is 330 g/mol. The summed E-state index contributed by atoms with van der Waals surface area (Å²) in [6.45, 7) is 1.58. The van der Waals surface area contributed by atoms with Gasteiger partial charge in [0.05, 0.1) is 12.3 Å². The van der Waals surface area contributed by atoms with Gasteiger partial charge in [-0.2, -0.15) is 4.98 Å². The molecule has 0 unspecified atom stereocenters. The second-order valence-corrected chi connectivity index (χ2v) is 6.93. The van der Waals surface area contributed by atoms with E-state index >= 15 is 0 Å². The standard InChI is InChI=1S/C19H27N5O2/c20-15-3-7-16(8-4-15)23(11-12-25)13-14-1-5-17(6-2-14)24-10-9-18(21)22-19(24)26/h1-2,5-6,9-10,15-16,25H,3-4,7-8,11-13,20H2,(H2,21,22,26)/t15-,16-. The molecule has 1 aliphatic carbocycles. The molecule has 3 rings (SSSR count). The lowest BCUT2D eigenvalue weighted by molar-refractivity contribution is 0.113. The van der Waals surface area contributed by atoms with Crippen molar-refractivity contribution in [1.29, 1.82) is 0 Å². The average Bonchev–Trinajstić information content (AvgIpc) is 2.63. The van der Waals surface area contributed by atoms with Gasteiger partial charge < -0.3 is 16.6 Å². The molecule has 1 fully saturated rings. The number of hydrogen-bond donors (Lipinski definition) is 3. The normalized spacial score (nSPS) is 20.4. The van der Waals surface area contributed by atoms with Crippen molar-refractivity contribution in [3.05, 3.63) is 52.6 Å². The maximum atomic E-state index is 11.9. The van der Waals surface area contributed by atoms with Gasteiger partial charge in [0.15, 0.2) is 0 Å². The number of rotatable bonds is 6. The summed E-state index contributed by atoms with van der Waals surface area (Å²) < 4.78 is 1.47. The Morgan fingerprint density at radius 2 is 1.85 bits per heavy atom. The van der Waals surface area contributed by atoms with Crippen molar-refractivity contribution in [2.75, 3.05) is 18.9 Å². The summed E-state index contributed by atoms with van der Waals surface area (Å²) >= 11 is 0. The minimum absolute atomic E-state index is 0.146. The number of aromatic nitrogens is 2. The fourth-order valence-corrected chi connectivity index (χ4v) is 3.60. The fourth-order valence-electron chi connectivity index (χ4n) is 3.60. The van der Waals surface area contributed by atoms with E-state index in [4.69, 9.17) is 11.5 Å². The van der Waals surface area contributed by atoms with Crippen LogP contribution in [0.4, 0.5) is 5.82 Å². The van der Waals surface area contributed by atoms with Crippen LogP contribution < -0.4 is 17.2 Å². The third-order valence-corrected chi connectivity index (χ3v) is 5.07. The van der Waals surface area contributed by atoms with Gasteiger partial charge >= 0.3 is 5.69 Å². The first kappa shape index (κ1) is 18.6.